The predicted octanol–water partition coefficient (Wildman–Crippen LogP) is 3.46. The van der Waals surface area contributed by atoms with E-state index in [2.05, 4.69) is 0 Å². The molecule has 0 fully saturated rings. The van der Waals surface area contributed by atoms with E-state index in [0.717, 1.165) is 12.1 Å². The topological polar surface area (TPSA) is 9.23 Å². The molecule has 0 aromatic heterocycles. The van der Waals surface area contributed by atoms with E-state index in [-0.39, 0.29) is 12.4 Å². The van der Waals surface area contributed by atoms with Gasteiger partial charge in [-0.3, -0.25) is 0 Å². The summed E-state index contributed by atoms with van der Waals surface area (Å²) in [5.74, 6) is -0.297. The molecular formula is C13H10BF4O-. The molecule has 0 heterocycles. The first-order chi connectivity index (χ1) is 8.95. The number of rotatable bonds is 4. The third-order valence-corrected chi connectivity index (χ3v) is 2.53. The molecular weight excluding hydrogens is 259 g/mol. The van der Waals surface area contributed by atoms with Gasteiger partial charge in [0.1, 0.15) is 18.2 Å². The molecule has 0 aliphatic carbocycles. The van der Waals surface area contributed by atoms with Crippen LogP contribution in [0.2, 0.25) is 0 Å². The van der Waals surface area contributed by atoms with Crippen molar-refractivity contribution in [3.63, 3.8) is 0 Å². The van der Waals surface area contributed by atoms with Crippen LogP contribution in [-0.4, -0.2) is 6.98 Å². The largest absolute Gasteiger partial charge is 0.509 e. The quantitative estimate of drug-likeness (QED) is 0.610. The zero-order chi connectivity index (χ0) is 13.9. The van der Waals surface area contributed by atoms with Crippen molar-refractivity contribution >= 4 is 12.4 Å². The Hall–Kier alpha value is -1.98. The monoisotopic (exact) mass is 269 g/mol. The van der Waals surface area contributed by atoms with E-state index in [1.807, 2.05) is 0 Å². The summed E-state index contributed by atoms with van der Waals surface area (Å²) in [4.78, 5) is 0. The lowest BCUT2D eigenvalue weighted by atomic mass is 9.80. The second-order valence-corrected chi connectivity index (χ2v) is 4.07. The summed E-state index contributed by atoms with van der Waals surface area (Å²) in [6.07, 6.45) is 0. The van der Waals surface area contributed by atoms with Gasteiger partial charge < -0.3 is 17.7 Å². The zero-order valence-corrected chi connectivity index (χ0v) is 9.82. The van der Waals surface area contributed by atoms with E-state index in [4.69, 9.17) is 4.74 Å². The SMILES string of the molecule is Fc1cccc(COc2cccc([B-](F)(F)F)c2)c1. The van der Waals surface area contributed by atoms with E-state index >= 15 is 0 Å². The lowest BCUT2D eigenvalue weighted by Gasteiger charge is -2.16. The lowest BCUT2D eigenvalue weighted by Crippen LogP contribution is -2.33. The van der Waals surface area contributed by atoms with Crippen molar-refractivity contribution in [1.82, 2.24) is 0 Å². The number of hydrogen-bond acceptors (Lipinski definition) is 1. The summed E-state index contributed by atoms with van der Waals surface area (Å²) in [7, 11) is 0. The fourth-order valence-corrected chi connectivity index (χ4v) is 1.60. The van der Waals surface area contributed by atoms with Crippen LogP contribution in [0.5, 0.6) is 5.75 Å². The number of halogens is 4. The van der Waals surface area contributed by atoms with Crippen LogP contribution in [0.4, 0.5) is 17.3 Å². The minimum atomic E-state index is -5.04. The second-order valence-electron chi connectivity index (χ2n) is 4.07. The number of ether oxygens (including phenoxy) is 1. The standard InChI is InChI=1S/C13H10BF4O/c15-12-5-1-3-10(7-12)9-19-13-6-2-4-11(8-13)14(16,17)18/h1-8H,9H2/q-1. The van der Waals surface area contributed by atoms with Gasteiger partial charge in [-0.2, -0.15) is 0 Å². The molecule has 0 N–H and O–H groups in total. The van der Waals surface area contributed by atoms with Gasteiger partial charge in [0.2, 0.25) is 0 Å². The first-order valence-corrected chi connectivity index (χ1v) is 5.62. The summed E-state index contributed by atoms with van der Waals surface area (Å²) in [5.41, 5.74) is -0.153. The van der Waals surface area contributed by atoms with Crippen molar-refractivity contribution in [2.45, 2.75) is 6.61 Å². The van der Waals surface area contributed by atoms with Gasteiger partial charge in [-0.25, -0.2) is 4.39 Å². The molecule has 2 aromatic carbocycles. The Morgan fingerprint density at radius 1 is 0.947 bits per heavy atom. The summed E-state index contributed by atoms with van der Waals surface area (Å²) in [6, 6.07) is 10.4. The number of benzene rings is 2. The molecule has 0 amide bonds. The van der Waals surface area contributed by atoms with Crippen LogP contribution in [0.1, 0.15) is 5.56 Å². The van der Waals surface area contributed by atoms with Crippen LogP contribution < -0.4 is 10.2 Å². The fourth-order valence-electron chi connectivity index (χ4n) is 1.60. The highest BCUT2D eigenvalue weighted by atomic mass is 19.4. The molecule has 2 aromatic rings. The maximum atomic E-state index is 12.9. The van der Waals surface area contributed by atoms with Gasteiger partial charge >= 0.3 is 6.98 Å². The minimum absolute atomic E-state index is 0.0199. The first kappa shape index (κ1) is 13.5. The Morgan fingerprint density at radius 2 is 1.68 bits per heavy atom. The van der Waals surface area contributed by atoms with Crippen LogP contribution in [0.25, 0.3) is 0 Å². The zero-order valence-electron chi connectivity index (χ0n) is 9.82. The van der Waals surface area contributed by atoms with Gasteiger partial charge in [0.05, 0.1) is 0 Å². The Bertz CT molecular complexity index is 569. The van der Waals surface area contributed by atoms with Crippen LogP contribution >= 0.6 is 0 Å². The molecule has 0 atom stereocenters. The summed E-state index contributed by atoms with van der Waals surface area (Å²) in [5, 5.41) is 0. The highest BCUT2D eigenvalue weighted by Gasteiger charge is 2.25. The van der Waals surface area contributed by atoms with Crippen LogP contribution in [0.15, 0.2) is 48.5 Å². The Morgan fingerprint density at radius 3 is 2.37 bits per heavy atom. The minimum Gasteiger partial charge on any atom is -0.489 e. The van der Waals surface area contributed by atoms with Gasteiger partial charge in [-0.15, -0.1) is 5.46 Å². The summed E-state index contributed by atoms with van der Waals surface area (Å²) >= 11 is 0. The molecule has 0 bridgehead atoms. The van der Waals surface area contributed by atoms with Crippen LogP contribution in [0, 0.1) is 5.82 Å². The highest BCUT2D eigenvalue weighted by molar-refractivity contribution is 6.73. The normalized spacial score (nSPS) is 11.4. The first-order valence-electron chi connectivity index (χ1n) is 5.62. The van der Waals surface area contributed by atoms with E-state index in [0.29, 0.717) is 5.56 Å². The van der Waals surface area contributed by atoms with Crippen molar-refractivity contribution in [3.05, 3.63) is 59.9 Å². The fraction of sp³-hybridized carbons (Fsp3) is 0.0769. The van der Waals surface area contributed by atoms with Gasteiger partial charge in [0.15, 0.2) is 0 Å². The molecule has 0 saturated carbocycles. The third kappa shape index (κ3) is 3.74. The molecule has 0 spiro atoms. The van der Waals surface area contributed by atoms with E-state index < -0.39 is 18.3 Å². The molecule has 0 aliphatic rings. The van der Waals surface area contributed by atoms with E-state index in [9.17, 15) is 17.3 Å². The van der Waals surface area contributed by atoms with Crippen molar-refractivity contribution in [1.29, 1.82) is 0 Å². The summed E-state index contributed by atoms with van der Waals surface area (Å²) in [6.45, 7) is -5.02. The highest BCUT2D eigenvalue weighted by Crippen LogP contribution is 2.16. The third-order valence-electron chi connectivity index (χ3n) is 2.53. The molecule has 2 rings (SSSR count). The predicted molar refractivity (Wildman–Crippen MR) is 65.9 cm³/mol. The molecule has 6 heteroatoms. The van der Waals surface area contributed by atoms with E-state index in [1.165, 1.54) is 30.3 Å². The van der Waals surface area contributed by atoms with Gasteiger partial charge in [0.25, 0.3) is 0 Å². The molecule has 0 aliphatic heterocycles. The van der Waals surface area contributed by atoms with Gasteiger partial charge in [-0.1, -0.05) is 24.3 Å². The molecule has 0 saturated heterocycles. The van der Waals surface area contributed by atoms with Crippen molar-refractivity contribution < 1.29 is 22.1 Å². The molecule has 1 nitrogen and oxygen atoms in total. The Balaban J connectivity index is 2.08. The molecule has 0 unspecified atom stereocenters. The Kier molecular flexibility index (Phi) is 3.78. The average Bonchev–Trinajstić information content (AvgIpc) is 2.36. The molecule has 19 heavy (non-hydrogen) atoms. The number of hydrogen-bond donors (Lipinski definition) is 0. The van der Waals surface area contributed by atoms with Crippen LogP contribution in [0.3, 0.4) is 0 Å². The van der Waals surface area contributed by atoms with Crippen molar-refractivity contribution in [2.24, 2.45) is 0 Å². The maximum absolute atomic E-state index is 12.9. The van der Waals surface area contributed by atoms with Crippen LogP contribution in [-0.2, 0) is 6.61 Å². The Labute approximate surface area is 107 Å². The smallest absolute Gasteiger partial charge is 0.489 e. The molecule has 100 valence electrons. The maximum Gasteiger partial charge on any atom is 0.509 e. The second kappa shape index (κ2) is 5.34. The van der Waals surface area contributed by atoms with Gasteiger partial charge in [-0.05, 0) is 29.8 Å². The van der Waals surface area contributed by atoms with E-state index in [1.54, 1.807) is 6.07 Å². The molecule has 0 radical (unpaired) electrons. The average molecular weight is 269 g/mol. The van der Waals surface area contributed by atoms with Gasteiger partial charge in [0, 0.05) is 0 Å². The summed E-state index contributed by atoms with van der Waals surface area (Å²) < 4.78 is 55.8. The lowest BCUT2D eigenvalue weighted by molar-refractivity contribution is 0.305. The van der Waals surface area contributed by atoms with Crippen molar-refractivity contribution in [2.75, 3.05) is 0 Å². The van der Waals surface area contributed by atoms with Crippen molar-refractivity contribution in [3.8, 4) is 5.75 Å².